The first kappa shape index (κ1) is 13.0. The van der Waals surface area contributed by atoms with Crippen LogP contribution in [-0.2, 0) is 0 Å². The van der Waals surface area contributed by atoms with E-state index >= 15 is 0 Å². The summed E-state index contributed by atoms with van der Waals surface area (Å²) in [6.07, 6.45) is 0. The molecule has 0 fully saturated rings. The molecule has 0 saturated heterocycles. The van der Waals surface area contributed by atoms with Crippen molar-refractivity contribution in [3.8, 4) is 0 Å². The fourth-order valence-corrected chi connectivity index (χ4v) is 4.54. The van der Waals surface area contributed by atoms with E-state index in [1.165, 1.54) is 16.7 Å². The molecule has 20 heavy (non-hydrogen) atoms. The van der Waals surface area contributed by atoms with Crippen molar-refractivity contribution in [3.05, 3.63) is 90.7 Å². The van der Waals surface area contributed by atoms with Crippen molar-refractivity contribution in [2.75, 3.05) is 0 Å². The van der Waals surface area contributed by atoms with Crippen LogP contribution in [0.3, 0.4) is 0 Å². The number of hydrogen-bond acceptors (Lipinski definition) is 0. The van der Waals surface area contributed by atoms with E-state index in [1.54, 1.807) is 12.1 Å². The van der Waals surface area contributed by atoms with E-state index in [9.17, 15) is 4.39 Å². The third-order valence-corrected chi connectivity index (χ3v) is 5.52. The minimum Gasteiger partial charge on any atom is -0.207 e. The number of benzene rings is 3. The highest BCUT2D eigenvalue weighted by atomic mass is 31.1. The fourth-order valence-electron chi connectivity index (χ4n) is 2.22. The van der Waals surface area contributed by atoms with Gasteiger partial charge in [-0.1, -0.05) is 72.8 Å². The van der Waals surface area contributed by atoms with Gasteiger partial charge >= 0.3 is 0 Å². The maximum Gasteiger partial charge on any atom is 0.123 e. The van der Waals surface area contributed by atoms with Gasteiger partial charge in [0, 0.05) is 0 Å². The van der Waals surface area contributed by atoms with Gasteiger partial charge in [-0.25, -0.2) is 4.39 Å². The number of hydrogen-bond donors (Lipinski definition) is 0. The summed E-state index contributed by atoms with van der Waals surface area (Å²) in [6.45, 7) is 0. The van der Waals surface area contributed by atoms with Gasteiger partial charge in [-0.05, 0) is 36.0 Å². The highest BCUT2D eigenvalue weighted by Gasteiger charge is 2.16. The van der Waals surface area contributed by atoms with Crippen LogP contribution >= 0.6 is 7.92 Å². The predicted molar refractivity (Wildman–Crippen MR) is 85.1 cm³/mol. The van der Waals surface area contributed by atoms with Gasteiger partial charge in [0.15, 0.2) is 0 Å². The summed E-state index contributed by atoms with van der Waals surface area (Å²) in [5, 5.41) is 3.51. The first-order valence-electron chi connectivity index (χ1n) is 6.50. The molecule has 0 aliphatic carbocycles. The van der Waals surface area contributed by atoms with Crippen LogP contribution in [0.4, 0.5) is 4.39 Å². The molecule has 0 saturated carbocycles. The van der Waals surface area contributed by atoms with E-state index in [-0.39, 0.29) is 5.82 Å². The van der Waals surface area contributed by atoms with Crippen LogP contribution in [0.5, 0.6) is 0 Å². The lowest BCUT2D eigenvalue weighted by atomic mass is 10.3. The lowest BCUT2D eigenvalue weighted by molar-refractivity contribution is 0.629. The Labute approximate surface area is 119 Å². The molecule has 0 bridgehead atoms. The summed E-state index contributed by atoms with van der Waals surface area (Å²) in [5.74, 6) is -0.179. The molecule has 0 spiro atoms. The Morgan fingerprint density at radius 3 is 1.55 bits per heavy atom. The Balaban J connectivity index is 2.14. The zero-order valence-corrected chi connectivity index (χ0v) is 11.8. The Bertz CT molecular complexity index is 641. The quantitative estimate of drug-likeness (QED) is 0.643. The van der Waals surface area contributed by atoms with E-state index < -0.39 is 7.92 Å². The summed E-state index contributed by atoms with van der Waals surface area (Å²) >= 11 is 0. The monoisotopic (exact) mass is 280 g/mol. The molecule has 2 heteroatoms. The fraction of sp³-hybridized carbons (Fsp3) is 0. The van der Waals surface area contributed by atoms with E-state index in [0.29, 0.717) is 0 Å². The van der Waals surface area contributed by atoms with Crippen LogP contribution in [0, 0.1) is 5.82 Å². The first-order valence-corrected chi connectivity index (χ1v) is 7.84. The standard InChI is InChI=1S/C18H14FP/c19-15-8-7-13-18(14-15)20(16-9-3-1-4-10-16)17-11-5-2-6-12-17/h1-14H. The summed E-state index contributed by atoms with van der Waals surface area (Å²) in [5.41, 5.74) is 0. The molecule has 3 rings (SSSR count). The van der Waals surface area contributed by atoms with Crippen molar-refractivity contribution < 1.29 is 4.39 Å². The van der Waals surface area contributed by atoms with Crippen LogP contribution in [0.15, 0.2) is 84.9 Å². The van der Waals surface area contributed by atoms with Crippen LogP contribution in [0.1, 0.15) is 0 Å². The average molecular weight is 280 g/mol. The molecule has 0 amide bonds. The van der Waals surface area contributed by atoms with Gasteiger partial charge in [-0.2, -0.15) is 0 Å². The van der Waals surface area contributed by atoms with E-state index in [1.807, 2.05) is 42.5 Å². The molecule has 0 atom stereocenters. The van der Waals surface area contributed by atoms with Crippen molar-refractivity contribution in [1.82, 2.24) is 0 Å². The topological polar surface area (TPSA) is 0 Å². The molecule has 0 unspecified atom stereocenters. The van der Waals surface area contributed by atoms with Crippen LogP contribution in [0.2, 0.25) is 0 Å². The Morgan fingerprint density at radius 1 is 0.550 bits per heavy atom. The molecule has 0 aliphatic heterocycles. The highest BCUT2D eigenvalue weighted by Crippen LogP contribution is 2.32. The molecule has 0 radical (unpaired) electrons. The van der Waals surface area contributed by atoms with Crippen molar-refractivity contribution in [3.63, 3.8) is 0 Å². The Morgan fingerprint density at radius 2 is 1.05 bits per heavy atom. The molecule has 0 N–H and O–H groups in total. The van der Waals surface area contributed by atoms with Gasteiger partial charge in [0.1, 0.15) is 5.82 Å². The smallest absolute Gasteiger partial charge is 0.123 e. The summed E-state index contributed by atoms with van der Waals surface area (Å²) in [6, 6.07) is 27.5. The lowest BCUT2D eigenvalue weighted by Gasteiger charge is -2.19. The molecule has 0 aromatic heterocycles. The van der Waals surface area contributed by atoms with E-state index in [0.717, 1.165) is 5.30 Å². The summed E-state index contributed by atoms with van der Waals surface area (Å²) in [7, 11) is -0.702. The maximum absolute atomic E-state index is 13.6. The molecular formula is C18H14FP. The Hall–Kier alpha value is -1.98. The predicted octanol–water partition coefficient (Wildman–Crippen LogP) is 3.58. The molecule has 3 aromatic rings. The van der Waals surface area contributed by atoms with Crippen LogP contribution < -0.4 is 15.9 Å². The number of halogens is 1. The zero-order chi connectivity index (χ0) is 13.8. The van der Waals surface area contributed by atoms with Crippen molar-refractivity contribution in [1.29, 1.82) is 0 Å². The van der Waals surface area contributed by atoms with Gasteiger partial charge in [-0.3, -0.25) is 0 Å². The molecule has 3 aromatic carbocycles. The Kier molecular flexibility index (Phi) is 3.90. The second-order valence-electron chi connectivity index (χ2n) is 4.49. The molecule has 0 nitrogen and oxygen atoms in total. The van der Waals surface area contributed by atoms with Gasteiger partial charge in [0.25, 0.3) is 0 Å². The van der Waals surface area contributed by atoms with Gasteiger partial charge in [0.05, 0.1) is 0 Å². The normalized spacial score (nSPS) is 10.7. The lowest BCUT2D eigenvalue weighted by Crippen LogP contribution is -2.20. The third-order valence-electron chi connectivity index (χ3n) is 3.10. The highest BCUT2D eigenvalue weighted by molar-refractivity contribution is 7.79. The van der Waals surface area contributed by atoms with E-state index in [4.69, 9.17) is 0 Å². The third kappa shape index (κ3) is 2.79. The van der Waals surface area contributed by atoms with Crippen molar-refractivity contribution in [2.24, 2.45) is 0 Å². The maximum atomic E-state index is 13.6. The van der Waals surface area contributed by atoms with Gasteiger partial charge < -0.3 is 0 Å². The molecule has 0 heterocycles. The second kappa shape index (κ2) is 5.98. The molecular weight excluding hydrogens is 266 g/mol. The average Bonchev–Trinajstić information content (AvgIpc) is 2.50. The molecule has 0 aliphatic rings. The molecule has 98 valence electrons. The van der Waals surface area contributed by atoms with E-state index in [2.05, 4.69) is 24.3 Å². The summed E-state index contributed by atoms with van der Waals surface area (Å²) < 4.78 is 13.6. The number of rotatable bonds is 3. The van der Waals surface area contributed by atoms with Crippen LogP contribution in [0.25, 0.3) is 0 Å². The zero-order valence-electron chi connectivity index (χ0n) is 10.9. The first-order chi connectivity index (χ1) is 9.84. The SMILES string of the molecule is Fc1cccc(P(c2ccccc2)c2ccccc2)c1. The minimum atomic E-state index is -0.702. The van der Waals surface area contributed by atoms with Crippen molar-refractivity contribution in [2.45, 2.75) is 0 Å². The van der Waals surface area contributed by atoms with Crippen molar-refractivity contribution >= 4 is 23.8 Å². The minimum absolute atomic E-state index is 0.179. The summed E-state index contributed by atoms with van der Waals surface area (Å²) in [4.78, 5) is 0. The van der Waals surface area contributed by atoms with Gasteiger partial charge in [-0.15, -0.1) is 0 Å². The van der Waals surface area contributed by atoms with Crippen LogP contribution in [-0.4, -0.2) is 0 Å². The largest absolute Gasteiger partial charge is 0.207 e. The second-order valence-corrected chi connectivity index (χ2v) is 6.71. The van der Waals surface area contributed by atoms with Gasteiger partial charge in [0.2, 0.25) is 0 Å².